The lowest BCUT2D eigenvalue weighted by Gasteiger charge is -2.07. The highest BCUT2D eigenvalue weighted by molar-refractivity contribution is 5.90. The van der Waals surface area contributed by atoms with E-state index >= 15 is 0 Å². The van der Waals surface area contributed by atoms with Crippen molar-refractivity contribution in [2.24, 2.45) is 5.73 Å². The maximum atomic E-state index is 11.8. The molecule has 1 amide bonds. The number of carbonyl (C=O) groups excluding carboxylic acids is 1. The Morgan fingerprint density at radius 1 is 1.35 bits per heavy atom. The quantitative estimate of drug-likeness (QED) is 0.839. The number of anilines is 1. The Balaban J connectivity index is 1.92. The molecule has 0 radical (unpaired) electrons. The molecule has 6 nitrogen and oxygen atoms in total. The standard InChI is InChI=1S/C14H16N4O2/c15-10-11-3-1-4-12(9-11)17-13(19)5-8-18-7-2-6-16-14(18)20/h1-4,6-7,9H,5,8,10,15H2,(H,17,19). The number of hydrogen-bond acceptors (Lipinski definition) is 4. The molecule has 1 aromatic carbocycles. The van der Waals surface area contributed by atoms with Crippen molar-refractivity contribution in [1.82, 2.24) is 9.55 Å². The lowest BCUT2D eigenvalue weighted by Crippen LogP contribution is -2.24. The summed E-state index contributed by atoms with van der Waals surface area (Å²) in [5.74, 6) is -0.157. The second-order valence-electron chi connectivity index (χ2n) is 4.30. The van der Waals surface area contributed by atoms with E-state index in [1.54, 1.807) is 18.3 Å². The molecule has 0 bridgehead atoms. The van der Waals surface area contributed by atoms with Crippen molar-refractivity contribution in [2.75, 3.05) is 5.32 Å². The van der Waals surface area contributed by atoms with Crippen LogP contribution in [0.25, 0.3) is 0 Å². The first-order valence-corrected chi connectivity index (χ1v) is 6.29. The van der Waals surface area contributed by atoms with Gasteiger partial charge in [0.05, 0.1) is 0 Å². The van der Waals surface area contributed by atoms with Gasteiger partial charge in [0.1, 0.15) is 0 Å². The fourth-order valence-electron chi connectivity index (χ4n) is 1.78. The Bertz CT molecular complexity index is 651. The zero-order chi connectivity index (χ0) is 14.4. The Hall–Kier alpha value is -2.47. The predicted molar refractivity (Wildman–Crippen MR) is 76.1 cm³/mol. The van der Waals surface area contributed by atoms with Crippen molar-refractivity contribution in [3.05, 3.63) is 58.8 Å². The van der Waals surface area contributed by atoms with Crippen LogP contribution in [0.5, 0.6) is 0 Å². The number of nitrogens with zero attached hydrogens (tertiary/aromatic N) is 2. The van der Waals surface area contributed by atoms with Crippen LogP contribution in [0, 0.1) is 0 Å². The normalized spacial score (nSPS) is 10.2. The first kappa shape index (κ1) is 14.0. The number of benzene rings is 1. The molecule has 0 saturated carbocycles. The van der Waals surface area contributed by atoms with Crippen LogP contribution < -0.4 is 16.7 Å². The number of nitrogens with one attached hydrogen (secondary N) is 1. The Morgan fingerprint density at radius 3 is 2.95 bits per heavy atom. The number of rotatable bonds is 5. The van der Waals surface area contributed by atoms with Gasteiger partial charge in [0.25, 0.3) is 0 Å². The number of aryl methyl sites for hydroxylation is 1. The summed E-state index contributed by atoms with van der Waals surface area (Å²) in [4.78, 5) is 26.8. The summed E-state index contributed by atoms with van der Waals surface area (Å²) in [6, 6.07) is 9.01. The third kappa shape index (κ3) is 3.76. The smallest absolute Gasteiger partial charge is 0.326 e. The molecule has 0 spiro atoms. The average Bonchev–Trinajstić information content (AvgIpc) is 2.46. The number of aromatic nitrogens is 2. The molecular weight excluding hydrogens is 256 g/mol. The van der Waals surface area contributed by atoms with Gasteiger partial charge in [-0.2, -0.15) is 0 Å². The van der Waals surface area contributed by atoms with E-state index in [2.05, 4.69) is 10.3 Å². The molecule has 0 fully saturated rings. The fraction of sp³-hybridized carbons (Fsp3) is 0.214. The van der Waals surface area contributed by atoms with Crippen LogP contribution in [-0.4, -0.2) is 15.5 Å². The zero-order valence-corrected chi connectivity index (χ0v) is 11.0. The molecule has 0 aliphatic heterocycles. The molecule has 2 aromatic rings. The van der Waals surface area contributed by atoms with Crippen LogP contribution in [-0.2, 0) is 17.9 Å². The molecule has 104 valence electrons. The predicted octanol–water partition coefficient (Wildman–Crippen LogP) is 0.731. The Morgan fingerprint density at radius 2 is 2.20 bits per heavy atom. The van der Waals surface area contributed by atoms with Crippen molar-refractivity contribution >= 4 is 11.6 Å². The highest BCUT2D eigenvalue weighted by Crippen LogP contribution is 2.10. The van der Waals surface area contributed by atoms with E-state index in [9.17, 15) is 9.59 Å². The van der Waals surface area contributed by atoms with E-state index in [-0.39, 0.29) is 18.0 Å². The first-order chi connectivity index (χ1) is 9.69. The minimum atomic E-state index is -0.356. The Kier molecular flexibility index (Phi) is 4.62. The van der Waals surface area contributed by atoms with Crippen molar-refractivity contribution in [2.45, 2.75) is 19.5 Å². The number of carbonyl (C=O) groups is 1. The fourth-order valence-corrected chi connectivity index (χ4v) is 1.78. The monoisotopic (exact) mass is 272 g/mol. The topological polar surface area (TPSA) is 90.0 Å². The van der Waals surface area contributed by atoms with Gasteiger partial charge in [-0.3, -0.25) is 9.36 Å². The summed E-state index contributed by atoms with van der Waals surface area (Å²) in [5.41, 5.74) is 6.84. The van der Waals surface area contributed by atoms with Crippen LogP contribution >= 0.6 is 0 Å². The van der Waals surface area contributed by atoms with Gasteiger partial charge < -0.3 is 11.1 Å². The number of hydrogen-bond donors (Lipinski definition) is 2. The van der Waals surface area contributed by atoms with Crippen LogP contribution in [0.15, 0.2) is 47.5 Å². The largest absolute Gasteiger partial charge is 0.347 e. The third-order valence-corrected chi connectivity index (χ3v) is 2.81. The lowest BCUT2D eigenvalue weighted by atomic mass is 10.2. The molecular formula is C14H16N4O2. The van der Waals surface area contributed by atoms with Gasteiger partial charge in [-0.25, -0.2) is 9.78 Å². The van der Waals surface area contributed by atoms with Gasteiger partial charge in [0.2, 0.25) is 5.91 Å². The van der Waals surface area contributed by atoms with Gasteiger partial charge in [-0.1, -0.05) is 12.1 Å². The van der Waals surface area contributed by atoms with E-state index in [1.807, 2.05) is 18.2 Å². The van der Waals surface area contributed by atoms with Gasteiger partial charge in [0, 0.05) is 37.6 Å². The first-order valence-electron chi connectivity index (χ1n) is 6.29. The number of amides is 1. The van der Waals surface area contributed by atoms with Gasteiger partial charge in [-0.15, -0.1) is 0 Å². The molecule has 0 atom stereocenters. The minimum Gasteiger partial charge on any atom is -0.326 e. The van der Waals surface area contributed by atoms with Crippen LogP contribution in [0.2, 0.25) is 0 Å². The van der Waals surface area contributed by atoms with Gasteiger partial charge in [-0.05, 0) is 23.8 Å². The summed E-state index contributed by atoms with van der Waals surface area (Å²) >= 11 is 0. The molecule has 0 aliphatic rings. The van der Waals surface area contributed by atoms with Crippen LogP contribution in [0.1, 0.15) is 12.0 Å². The van der Waals surface area contributed by atoms with E-state index in [1.165, 1.54) is 10.8 Å². The van der Waals surface area contributed by atoms with E-state index < -0.39 is 0 Å². The highest BCUT2D eigenvalue weighted by Gasteiger charge is 2.04. The van der Waals surface area contributed by atoms with Crippen molar-refractivity contribution in [1.29, 1.82) is 0 Å². The van der Waals surface area contributed by atoms with Crippen LogP contribution in [0.3, 0.4) is 0 Å². The van der Waals surface area contributed by atoms with E-state index in [0.717, 1.165) is 5.56 Å². The second kappa shape index (κ2) is 6.63. The van der Waals surface area contributed by atoms with E-state index in [0.29, 0.717) is 18.8 Å². The maximum absolute atomic E-state index is 11.8. The SMILES string of the molecule is NCc1cccc(NC(=O)CCn2cccnc2=O)c1. The second-order valence-corrected chi connectivity index (χ2v) is 4.30. The third-order valence-electron chi connectivity index (χ3n) is 2.81. The summed E-state index contributed by atoms with van der Waals surface area (Å²) in [5, 5.41) is 2.78. The molecule has 0 unspecified atom stereocenters. The Labute approximate surface area is 116 Å². The minimum absolute atomic E-state index is 0.157. The number of nitrogens with two attached hydrogens (primary N) is 1. The van der Waals surface area contributed by atoms with Crippen molar-refractivity contribution in [3.63, 3.8) is 0 Å². The highest BCUT2D eigenvalue weighted by atomic mass is 16.2. The van der Waals surface area contributed by atoms with Gasteiger partial charge in [0.15, 0.2) is 0 Å². The lowest BCUT2D eigenvalue weighted by molar-refractivity contribution is -0.116. The van der Waals surface area contributed by atoms with Gasteiger partial charge >= 0.3 is 5.69 Å². The van der Waals surface area contributed by atoms with E-state index in [4.69, 9.17) is 5.73 Å². The molecule has 20 heavy (non-hydrogen) atoms. The molecule has 2 rings (SSSR count). The summed E-state index contributed by atoms with van der Waals surface area (Å²) in [6.45, 7) is 0.726. The van der Waals surface area contributed by atoms with Crippen molar-refractivity contribution < 1.29 is 4.79 Å². The van der Waals surface area contributed by atoms with Crippen LogP contribution in [0.4, 0.5) is 5.69 Å². The molecule has 3 N–H and O–H groups in total. The maximum Gasteiger partial charge on any atom is 0.347 e. The molecule has 6 heteroatoms. The van der Waals surface area contributed by atoms with Crippen molar-refractivity contribution in [3.8, 4) is 0 Å². The molecule has 0 aliphatic carbocycles. The summed E-state index contributed by atoms with van der Waals surface area (Å²) < 4.78 is 1.40. The average molecular weight is 272 g/mol. The zero-order valence-electron chi connectivity index (χ0n) is 11.0. The molecule has 1 aromatic heterocycles. The molecule has 0 saturated heterocycles. The summed E-state index contributed by atoms with van der Waals surface area (Å²) in [7, 11) is 0. The summed E-state index contributed by atoms with van der Waals surface area (Å²) in [6.07, 6.45) is 3.24. The molecule has 1 heterocycles.